The molecule has 2 aliphatic rings. The van der Waals surface area contributed by atoms with Crippen LogP contribution in [0.5, 0.6) is 0 Å². The molecule has 2 atom stereocenters. The van der Waals surface area contributed by atoms with E-state index in [1.54, 1.807) is 0 Å². The Bertz CT molecular complexity index is 240. The molecular weight excluding hydrogens is 228 g/mol. The zero-order valence-electron chi connectivity index (χ0n) is 11.7. The quantitative estimate of drug-likeness (QED) is 0.835. The van der Waals surface area contributed by atoms with Crippen LogP contribution >= 0.6 is 11.8 Å². The predicted molar refractivity (Wildman–Crippen MR) is 77.8 cm³/mol. The first kappa shape index (κ1) is 13.7. The van der Waals surface area contributed by atoms with Gasteiger partial charge < -0.3 is 5.32 Å². The third-order valence-corrected chi connectivity index (χ3v) is 5.66. The monoisotopic (exact) mass is 256 g/mol. The average molecular weight is 256 g/mol. The van der Waals surface area contributed by atoms with Crippen molar-refractivity contribution in [2.24, 2.45) is 5.92 Å². The average Bonchev–Trinajstić information content (AvgIpc) is 2.35. The zero-order chi connectivity index (χ0) is 12.3. The first-order valence-electron chi connectivity index (χ1n) is 7.20. The number of hydrogen-bond acceptors (Lipinski definition) is 3. The highest BCUT2D eigenvalue weighted by molar-refractivity contribution is 7.99. The van der Waals surface area contributed by atoms with Crippen LogP contribution in [0.2, 0.25) is 0 Å². The van der Waals surface area contributed by atoms with Crippen molar-refractivity contribution in [2.45, 2.75) is 51.6 Å². The van der Waals surface area contributed by atoms with E-state index in [-0.39, 0.29) is 0 Å². The van der Waals surface area contributed by atoms with Crippen molar-refractivity contribution in [3.8, 4) is 0 Å². The van der Waals surface area contributed by atoms with E-state index < -0.39 is 0 Å². The topological polar surface area (TPSA) is 15.3 Å². The van der Waals surface area contributed by atoms with Crippen molar-refractivity contribution >= 4 is 11.8 Å². The molecule has 3 heteroatoms. The fourth-order valence-electron chi connectivity index (χ4n) is 2.93. The Morgan fingerprint density at radius 2 is 2.06 bits per heavy atom. The lowest BCUT2D eigenvalue weighted by Gasteiger charge is -2.46. The second kappa shape index (κ2) is 5.94. The molecule has 2 saturated heterocycles. The van der Waals surface area contributed by atoms with E-state index >= 15 is 0 Å². The third-order valence-electron chi connectivity index (χ3n) is 4.61. The minimum absolute atomic E-state index is 0.343. The molecule has 2 unspecified atom stereocenters. The molecule has 17 heavy (non-hydrogen) atoms. The van der Waals surface area contributed by atoms with E-state index in [0.717, 1.165) is 12.5 Å². The van der Waals surface area contributed by atoms with Crippen molar-refractivity contribution in [3.05, 3.63) is 0 Å². The molecule has 2 fully saturated rings. The molecule has 0 radical (unpaired) electrons. The van der Waals surface area contributed by atoms with Crippen molar-refractivity contribution in [3.63, 3.8) is 0 Å². The van der Waals surface area contributed by atoms with Crippen LogP contribution in [-0.4, -0.2) is 47.6 Å². The molecule has 0 amide bonds. The lowest BCUT2D eigenvalue weighted by Crippen LogP contribution is -2.62. The van der Waals surface area contributed by atoms with Crippen molar-refractivity contribution in [1.82, 2.24) is 10.2 Å². The summed E-state index contributed by atoms with van der Waals surface area (Å²) in [5, 5.41) is 3.72. The Labute approximate surface area is 111 Å². The number of thioether (sulfide) groups is 1. The van der Waals surface area contributed by atoms with Crippen LogP contribution in [0.1, 0.15) is 40.0 Å². The number of rotatable bonds is 3. The van der Waals surface area contributed by atoms with E-state index in [4.69, 9.17) is 0 Å². The van der Waals surface area contributed by atoms with Crippen LogP contribution in [0.15, 0.2) is 0 Å². The van der Waals surface area contributed by atoms with E-state index in [9.17, 15) is 0 Å². The van der Waals surface area contributed by atoms with Gasteiger partial charge in [-0.15, -0.1) is 0 Å². The Kier molecular flexibility index (Phi) is 4.79. The summed E-state index contributed by atoms with van der Waals surface area (Å²) in [5.74, 6) is 3.73. The van der Waals surface area contributed by atoms with Crippen molar-refractivity contribution in [2.75, 3.05) is 31.1 Å². The standard InChI is InChI=1S/C14H28N2S/c1-4-14(3)11-16(12(2)9-15-14)10-13-5-7-17-8-6-13/h12-13,15H,4-11H2,1-3H3. The normalized spacial score (nSPS) is 37.2. The first-order chi connectivity index (χ1) is 8.13. The van der Waals surface area contributed by atoms with Gasteiger partial charge >= 0.3 is 0 Å². The van der Waals surface area contributed by atoms with Gasteiger partial charge in [0.25, 0.3) is 0 Å². The molecule has 2 heterocycles. The van der Waals surface area contributed by atoms with E-state index in [0.29, 0.717) is 11.6 Å². The molecular formula is C14H28N2S. The second-order valence-electron chi connectivity index (χ2n) is 6.13. The van der Waals surface area contributed by atoms with Crippen LogP contribution in [-0.2, 0) is 0 Å². The Balaban J connectivity index is 1.88. The van der Waals surface area contributed by atoms with Crippen LogP contribution in [0, 0.1) is 5.92 Å². The summed E-state index contributed by atoms with van der Waals surface area (Å²) in [7, 11) is 0. The molecule has 0 aromatic rings. The highest BCUT2D eigenvalue weighted by Crippen LogP contribution is 2.26. The number of nitrogens with one attached hydrogen (secondary N) is 1. The Morgan fingerprint density at radius 1 is 1.35 bits per heavy atom. The van der Waals surface area contributed by atoms with Crippen molar-refractivity contribution < 1.29 is 0 Å². The summed E-state index contributed by atoms with van der Waals surface area (Å²) in [6, 6.07) is 0.712. The van der Waals surface area contributed by atoms with Gasteiger partial charge in [0.1, 0.15) is 0 Å². The minimum Gasteiger partial charge on any atom is -0.309 e. The van der Waals surface area contributed by atoms with Crippen LogP contribution in [0.25, 0.3) is 0 Å². The molecule has 0 aromatic carbocycles. The summed E-state index contributed by atoms with van der Waals surface area (Å²) in [5.41, 5.74) is 0.343. The SMILES string of the molecule is CCC1(C)CN(CC2CCSCC2)C(C)CN1. The lowest BCUT2D eigenvalue weighted by atomic mass is 9.92. The molecule has 2 rings (SSSR count). The largest absolute Gasteiger partial charge is 0.309 e. The predicted octanol–water partition coefficient (Wildman–Crippen LogP) is 2.59. The van der Waals surface area contributed by atoms with E-state index in [2.05, 4.69) is 42.7 Å². The first-order valence-corrected chi connectivity index (χ1v) is 8.35. The fraction of sp³-hybridized carbons (Fsp3) is 1.00. The van der Waals surface area contributed by atoms with Gasteiger partial charge in [0, 0.05) is 31.2 Å². The molecule has 0 aliphatic carbocycles. The maximum absolute atomic E-state index is 3.72. The maximum atomic E-state index is 3.72. The van der Waals surface area contributed by atoms with Gasteiger partial charge in [-0.2, -0.15) is 11.8 Å². The zero-order valence-corrected chi connectivity index (χ0v) is 12.5. The Morgan fingerprint density at radius 3 is 2.71 bits per heavy atom. The third kappa shape index (κ3) is 3.62. The molecule has 0 bridgehead atoms. The molecule has 0 saturated carbocycles. The Hall–Kier alpha value is 0.270. The van der Waals surface area contributed by atoms with Gasteiger partial charge in [-0.05, 0) is 50.5 Å². The molecule has 100 valence electrons. The highest BCUT2D eigenvalue weighted by Gasteiger charge is 2.33. The molecule has 1 N–H and O–H groups in total. The van der Waals surface area contributed by atoms with Gasteiger partial charge in [-0.1, -0.05) is 6.92 Å². The summed E-state index contributed by atoms with van der Waals surface area (Å²) in [6.07, 6.45) is 4.10. The van der Waals surface area contributed by atoms with E-state index in [1.165, 1.54) is 43.9 Å². The van der Waals surface area contributed by atoms with Gasteiger partial charge in [0.2, 0.25) is 0 Å². The molecule has 2 nitrogen and oxygen atoms in total. The summed E-state index contributed by atoms with van der Waals surface area (Å²) in [6.45, 7) is 10.8. The number of hydrogen-bond donors (Lipinski definition) is 1. The van der Waals surface area contributed by atoms with Crippen LogP contribution < -0.4 is 5.32 Å². The summed E-state index contributed by atoms with van der Waals surface area (Å²) in [4.78, 5) is 2.74. The van der Waals surface area contributed by atoms with Gasteiger partial charge in [0.05, 0.1) is 0 Å². The lowest BCUT2D eigenvalue weighted by molar-refractivity contribution is 0.0763. The molecule has 2 aliphatic heterocycles. The number of nitrogens with zero attached hydrogens (tertiary/aromatic N) is 1. The maximum Gasteiger partial charge on any atom is 0.0278 e. The van der Waals surface area contributed by atoms with E-state index in [1.807, 2.05) is 0 Å². The number of piperazine rings is 1. The second-order valence-corrected chi connectivity index (χ2v) is 7.35. The van der Waals surface area contributed by atoms with Gasteiger partial charge in [-0.3, -0.25) is 4.90 Å². The minimum atomic E-state index is 0.343. The smallest absolute Gasteiger partial charge is 0.0278 e. The summed E-state index contributed by atoms with van der Waals surface area (Å²) >= 11 is 2.13. The highest BCUT2D eigenvalue weighted by atomic mass is 32.2. The molecule has 0 spiro atoms. The van der Waals surface area contributed by atoms with Gasteiger partial charge in [-0.25, -0.2) is 0 Å². The van der Waals surface area contributed by atoms with Crippen LogP contribution in [0.3, 0.4) is 0 Å². The molecule has 0 aromatic heterocycles. The summed E-state index contributed by atoms with van der Waals surface area (Å²) < 4.78 is 0. The van der Waals surface area contributed by atoms with Crippen molar-refractivity contribution in [1.29, 1.82) is 0 Å². The fourth-order valence-corrected chi connectivity index (χ4v) is 4.13. The van der Waals surface area contributed by atoms with Gasteiger partial charge in [0.15, 0.2) is 0 Å². The van der Waals surface area contributed by atoms with Crippen LogP contribution in [0.4, 0.5) is 0 Å².